The van der Waals surface area contributed by atoms with Gasteiger partial charge in [0.1, 0.15) is 6.10 Å². The van der Waals surface area contributed by atoms with E-state index >= 15 is 0 Å². The average molecular weight is 379 g/mol. The molecule has 1 saturated carbocycles. The van der Waals surface area contributed by atoms with Crippen molar-refractivity contribution in [2.45, 2.75) is 35.9 Å². The second-order valence-corrected chi connectivity index (χ2v) is 7.99. The summed E-state index contributed by atoms with van der Waals surface area (Å²) in [6.45, 7) is 1.45. The smallest absolute Gasteiger partial charge is 0.152 e. The molecule has 4 rings (SSSR count). The van der Waals surface area contributed by atoms with Crippen molar-refractivity contribution >= 4 is 23.2 Å². The second kappa shape index (κ2) is 7.26. The molecule has 132 valence electrons. The highest BCUT2D eigenvalue weighted by Crippen LogP contribution is 2.60. The van der Waals surface area contributed by atoms with Crippen molar-refractivity contribution in [3.63, 3.8) is 0 Å². The van der Waals surface area contributed by atoms with Crippen molar-refractivity contribution in [2.75, 3.05) is 6.61 Å². The minimum absolute atomic E-state index is 0.0610. The zero-order chi connectivity index (χ0) is 17.3. The summed E-state index contributed by atoms with van der Waals surface area (Å²) in [6.07, 6.45) is -0.546. The molecule has 4 atom stereocenters. The van der Waals surface area contributed by atoms with E-state index in [0.717, 1.165) is 11.1 Å². The first kappa shape index (κ1) is 17.3. The molecule has 3 nitrogen and oxygen atoms in total. The number of fused-ring (bicyclic) bond motifs is 1. The maximum absolute atomic E-state index is 6.38. The largest absolute Gasteiger partial charge is 0.372 e. The van der Waals surface area contributed by atoms with Gasteiger partial charge in [0.15, 0.2) is 4.33 Å². The zero-order valence-corrected chi connectivity index (χ0v) is 15.2. The summed E-state index contributed by atoms with van der Waals surface area (Å²) in [5.74, 6) is -0.0610. The summed E-state index contributed by atoms with van der Waals surface area (Å²) in [5, 5.41) is 0. The maximum Gasteiger partial charge on any atom is 0.152 e. The number of alkyl halides is 2. The number of hydrogen-bond donors (Lipinski definition) is 0. The molecule has 5 heteroatoms. The molecule has 0 bridgehead atoms. The molecule has 2 aliphatic rings. The number of ether oxygens (including phenoxy) is 3. The van der Waals surface area contributed by atoms with Crippen LogP contribution in [0.25, 0.3) is 0 Å². The molecule has 25 heavy (non-hydrogen) atoms. The summed E-state index contributed by atoms with van der Waals surface area (Å²) in [7, 11) is 0. The molecular formula is C20H20Cl2O3. The predicted octanol–water partition coefficient (Wildman–Crippen LogP) is 4.36. The third kappa shape index (κ3) is 3.71. The molecule has 0 amide bonds. The number of benzene rings is 2. The van der Waals surface area contributed by atoms with Crippen molar-refractivity contribution in [2.24, 2.45) is 5.92 Å². The van der Waals surface area contributed by atoms with E-state index in [0.29, 0.717) is 19.8 Å². The predicted molar refractivity (Wildman–Crippen MR) is 97.7 cm³/mol. The van der Waals surface area contributed by atoms with Crippen molar-refractivity contribution in [1.82, 2.24) is 0 Å². The van der Waals surface area contributed by atoms with Crippen LogP contribution in [0.2, 0.25) is 0 Å². The summed E-state index contributed by atoms with van der Waals surface area (Å²) in [6, 6.07) is 20.1. The van der Waals surface area contributed by atoms with Gasteiger partial charge in [-0.25, -0.2) is 0 Å². The Labute approximate surface area is 157 Å². The van der Waals surface area contributed by atoms with Crippen molar-refractivity contribution in [3.05, 3.63) is 71.8 Å². The highest BCUT2D eigenvalue weighted by atomic mass is 35.5. The Balaban J connectivity index is 1.43. The van der Waals surface area contributed by atoms with E-state index in [9.17, 15) is 0 Å². The van der Waals surface area contributed by atoms with Crippen LogP contribution in [-0.4, -0.2) is 29.3 Å². The van der Waals surface area contributed by atoms with Crippen LogP contribution in [0.15, 0.2) is 60.7 Å². The molecular weight excluding hydrogens is 359 g/mol. The van der Waals surface area contributed by atoms with Gasteiger partial charge < -0.3 is 14.2 Å². The summed E-state index contributed by atoms with van der Waals surface area (Å²) >= 11 is 12.8. The van der Waals surface area contributed by atoms with E-state index < -0.39 is 4.33 Å². The SMILES string of the molecule is ClC1(Cl)[C@@H]2[C@@H](OCc3ccccc3)[C@H](OCc3ccccc3)CO[C@@H]21. The zero-order valence-electron chi connectivity index (χ0n) is 13.7. The molecule has 1 heterocycles. The van der Waals surface area contributed by atoms with Crippen molar-refractivity contribution in [1.29, 1.82) is 0 Å². The van der Waals surface area contributed by atoms with Crippen molar-refractivity contribution in [3.8, 4) is 0 Å². The Kier molecular flexibility index (Phi) is 5.03. The number of rotatable bonds is 6. The van der Waals surface area contributed by atoms with E-state index in [1.54, 1.807) is 0 Å². The standard InChI is InChI=1S/C20H20Cl2O3/c21-20(22)17-18(24-12-15-9-5-2-6-10-15)16(13-25-19(17)20)23-11-14-7-3-1-4-8-14/h1-10,16-19H,11-13H2/t16-,17-,18+,19+/m1/s1. The lowest BCUT2D eigenvalue weighted by molar-refractivity contribution is -0.152. The highest BCUT2D eigenvalue weighted by Gasteiger charge is 2.71. The Morgan fingerprint density at radius 3 is 2.04 bits per heavy atom. The van der Waals surface area contributed by atoms with E-state index in [1.807, 2.05) is 60.7 Å². The van der Waals surface area contributed by atoms with E-state index in [1.165, 1.54) is 0 Å². The molecule has 1 aliphatic carbocycles. The third-order valence-electron chi connectivity index (χ3n) is 4.79. The van der Waals surface area contributed by atoms with Gasteiger partial charge in [-0.2, -0.15) is 0 Å². The minimum atomic E-state index is -0.883. The van der Waals surface area contributed by atoms with Gasteiger partial charge in [-0.15, -0.1) is 0 Å². The summed E-state index contributed by atoms with van der Waals surface area (Å²) in [5.41, 5.74) is 2.23. The fourth-order valence-electron chi connectivity index (χ4n) is 3.35. The number of hydrogen-bond acceptors (Lipinski definition) is 3. The lowest BCUT2D eigenvalue weighted by Crippen LogP contribution is -2.42. The van der Waals surface area contributed by atoms with Crippen LogP contribution in [-0.2, 0) is 27.4 Å². The molecule has 2 aromatic rings. The highest BCUT2D eigenvalue weighted by molar-refractivity contribution is 6.51. The second-order valence-electron chi connectivity index (χ2n) is 6.55. The van der Waals surface area contributed by atoms with Gasteiger partial charge in [0.25, 0.3) is 0 Å². The van der Waals surface area contributed by atoms with Crippen LogP contribution in [0, 0.1) is 5.92 Å². The Morgan fingerprint density at radius 2 is 1.44 bits per heavy atom. The molecule has 0 aromatic heterocycles. The van der Waals surface area contributed by atoms with Crippen LogP contribution in [0.5, 0.6) is 0 Å². The van der Waals surface area contributed by atoms with E-state index in [-0.39, 0.29) is 24.2 Å². The Bertz CT molecular complexity index is 693. The topological polar surface area (TPSA) is 27.7 Å². The lowest BCUT2D eigenvalue weighted by Gasteiger charge is -2.31. The fourth-order valence-corrected chi connectivity index (χ4v) is 4.10. The third-order valence-corrected chi connectivity index (χ3v) is 5.73. The molecule has 0 N–H and O–H groups in total. The Morgan fingerprint density at radius 1 is 0.880 bits per heavy atom. The molecule has 2 aromatic carbocycles. The van der Waals surface area contributed by atoms with Gasteiger partial charge in [0, 0.05) is 0 Å². The number of halogens is 2. The van der Waals surface area contributed by atoms with Gasteiger partial charge in [-0.3, -0.25) is 0 Å². The van der Waals surface area contributed by atoms with Gasteiger partial charge in [-0.05, 0) is 11.1 Å². The first-order valence-electron chi connectivity index (χ1n) is 8.47. The van der Waals surface area contributed by atoms with Crippen molar-refractivity contribution < 1.29 is 14.2 Å². The van der Waals surface area contributed by atoms with E-state index in [4.69, 9.17) is 37.4 Å². The van der Waals surface area contributed by atoms with Crippen LogP contribution in [0.3, 0.4) is 0 Å². The first-order valence-corrected chi connectivity index (χ1v) is 9.22. The summed E-state index contributed by atoms with van der Waals surface area (Å²) in [4.78, 5) is 0. The van der Waals surface area contributed by atoms with Crippen LogP contribution in [0.4, 0.5) is 0 Å². The van der Waals surface area contributed by atoms with Gasteiger partial charge in [0.05, 0.1) is 37.9 Å². The minimum Gasteiger partial charge on any atom is -0.372 e. The quantitative estimate of drug-likeness (QED) is 0.698. The summed E-state index contributed by atoms with van der Waals surface area (Å²) < 4.78 is 17.2. The van der Waals surface area contributed by atoms with Gasteiger partial charge in [-0.1, -0.05) is 83.9 Å². The molecule has 1 aliphatic heterocycles. The molecule has 0 unspecified atom stereocenters. The van der Waals surface area contributed by atoms with Gasteiger partial charge >= 0.3 is 0 Å². The maximum atomic E-state index is 6.38. The fraction of sp³-hybridized carbons (Fsp3) is 0.400. The molecule has 2 fully saturated rings. The van der Waals surface area contributed by atoms with Crippen LogP contribution in [0.1, 0.15) is 11.1 Å². The Hall–Kier alpha value is -1.10. The first-order chi connectivity index (χ1) is 12.2. The molecule has 0 spiro atoms. The van der Waals surface area contributed by atoms with Crippen LogP contribution >= 0.6 is 23.2 Å². The van der Waals surface area contributed by atoms with Gasteiger partial charge in [0.2, 0.25) is 0 Å². The lowest BCUT2D eigenvalue weighted by atomic mass is 10.1. The molecule has 1 saturated heterocycles. The van der Waals surface area contributed by atoms with E-state index in [2.05, 4.69) is 0 Å². The molecule has 0 radical (unpaired) electrons. The normalized spacial score (nSPS) is 29.8. The van der Waals surface area contributed by atoms with Crippen LogP contribution < -0.4 is 0 Å². The monoisotopic (exact) mass is 378 g/mol. The average Bonchev–Trinajstić information content (AvgIpc) is 3.22.